The summed E-state index contributed by atoms with van der Waals surface area (Å²) in [5.74, 6) is 2.17. The third-order valence-electron chi connectivity index (χ3n) is 3.49. The minimum Gasteiger partial charge on any atom is -0.483 e. The molecule has 1 heterocycles. The predicted octanol–water partition coefficient (Wildman–Crippen LogP) is 5.38. The van der Waals surface area contributed by atoms with Gasteiger partial charge in [-0.05, 0) is 48.7 Å². The molecule has 0 radical (unpaired) electrons. The molecule has 2 aromatic carbocycles. The van der Waals surface area contributed by atoms with E-state index in [4.69, 9.17) is 16.3 Å². The van der Waals surface area contributed by atoms with Crippen LogP contribution in [0.15, 0.2) is 48.5 Å². The van der Waals surface area contributed by atoms with Gasteiger partial charge in [0.2, 0.25) is 0 Å². The van der Waals surface area contributed by atoms with Crippen molar-refractivity contribution in [3.05, 3.63) is 59.4 Å². The fraction of sp³-hybridized carbons (Fsp3) is 0.278. The number of hydrogen-bond acceptors (Lipinski definition) is 2. The number of rotatable bonds is 5. The van der Waals surface area contributed by atoms with E-state index in [0.29, 0.717) is 10.9 Å². The molecule has 3 aromatic rings. The maximum absolute atomic E-state index is 6.14. The van der Waals surface area contributed by atoms with E-state index < -0.39 is 0 Å². The molecule has 0 amide bonds. The number of nitrogens with one attached hydrogen (secondary N) is 1. The molecule has 0 spiro atoms. The number of benzene rings is 2. The van der Waals surface area contributed by atoms with Crippen LogP contribution in [0.25, 0.3) is 11.0 Å². The summed E-state index contributed by atoms with van der Waals surface area (Å²) >= 11 is 5.93. The van der Waals surface area contributed by atoms with E-state index in [0.717, 1.165) is 29.0 Å². The van der Waals surface area contributed by atoms with Crippen LogP contribution >= 0.6 is 11.6 Å². The van der Waals surface area contributed by atoms with Crippen LogP contribution in [0.4, 0.5) is 0 Å². The van der Waals surface area contributed by atoms with Gasteiger partial charge in [-0.25, -0.2) is 4.98 Å². The first-order valence-electron chi connectivity index (χ1n) is 7.48. The largest absolute Gasteiger partial charge is 0.483 e. The van der Waals surface area contributed by atoms with Gasteiger partial charge >= 0.3 is 0 Å². The summed E-state index contributed by atoms with van der Waals surface area (Å²) in [5, 5.41) is 0.705. The highest BCUT2D eigenvalue weighted by molar-refractivity contribution is 6.30. The minimum atomic E-state index is -0.103. The second kappa shape index (κ2) is 6.41. The van der Waals surface area contributed by atoms with Gasteiger partial charge < -0.3 is 9.72 Å². The third-order valence-corrected chi connectivity index (χ3v) is 3.74. The van der Waals surface area contributed by atoms with Crippen LogP contribution in [0.1, 0.15) is 32.2 Å². The van der Waals surface area contributed by atoms with Crippen molar-refractivity contribution in [2.24, 2.45) is 5.92 Å². The summed E-state index contributed by atoms with van der Waals surface area (Å²) < 4.78 is 6.14. The molecule has 1 N–H and O–H groups in total. The van der Waals surface area contributed by atoms with Gasteiger partial charge in [-0.3, -0.25) is 0 Å². The first kappa shape index (κ1) is 14.9. The molecule has 0 aliphatic heterocycles. The zero-order valence-electron chi connectivity index (χ0n) is 12.7. The standard InChI is InChI=1S/C18H19ClN2O/c1-12(2)11-17(22-14-9-7-13(19)8-10-14)18-20-15-5-3-4-6-16(15)21-18/h3-10,12,17H,11H2,1-2H3,(H,20,21). The summed E-state index contributed by atoms with van der Waals surface area (Å²) in [6.45, 7) is 4.36. The molecule has 1 atom stereocenters. The number of fused-ring (bicyclic) bond motifs is 1. The van der Waals surface area contributed by atoms with Gasteiger partial charge in [-0.1, -0.05) is 37.6 Å². The molecule has 3 rings (SSSR count). The minimum absolute atomic E-state index is 0.103. The number of H-pyrrole nitrogens is 1. The molecule has 4 heteroatoms. The maximum atomic E-state index is 6.14. The molecule has 114 valence electrons. The lowest BCUT2D eigenvalue weighted by molar-refractivity contribution is 0.169. The number of nitrogens with zero attached hydrogens (tertiary/aromatic N) is 1. The van der Waals surface area contributed by atoms with Crippen molar-refractivity contribution in [1.82, 2.24) is 9.97 Å². The number of aromatic nitrogens is 2. The third kappa shape index (κ3) is 3.42. The molecule has 0 saturated carbocycles. The first-order valence-corrected chi connectivity index (χ1v) is 7.86. The van der Waals surface area contributed by atoms with Gasteiger partial charge in [0.15, 0.2) is 6.10 Å². The molecule has 0 aliphatic rings. The van der Waals surface area contributed by atoms with Crippen LogP contribution in [-0.4, -0.2) is 9.97 Å². The number of hydrogen-bond donors (Lipinski definition) is 1. The Labute approximate surface area is 135 Å². The van der Waals surface area contributed by atoms with Crippen LogP contribution in [-0.2, 0) is 0 Å². The Bertz CT molecular complexity index is 716. The van der Waals surface area contributed by atoms with Crippen LogP contribution < -0.4 is 4.74 Å². The maximum Gasteiger partial charge on any atom is 0.156 e. The number of halogens is 1. The number of ether oxygens (including phenoxy) is 1. The van der Waals surface area contributed by atoms with E-state index in [1.807, 2.05) is 48.5 Å². The molecule has 1 aromatic heterocycles. The van der Waals surface area contributed by atoms with E-state index in [9.17, 15) is 0 Å². The normalized spacial score (nSPS) is 12.7. The second-order valence-corrected chi connectivity index (χ2v) is 6.27. The molecular weight excluding hydrogens is 296 g/mol. The average Bonchev–Trinajstić information content (AvgIpc) is 2.92. The van der Waals surface area contributed by atoms with Gasteiger partial charge in [0, 0.05) is 5.02 Å². The molecule has 0 saturated heterocycles. The number of para-hydroxylation sites is 2. The Morgan fingerprint density at radius 3 is 2.50 bits per heavy atom. The predicted molar refractivity (Wildman–Crippen MR) is 90.4 cm³/mol. The molecule has 0 aliphatic carbocycles. The summed E-state index contributed by atoms with van der Waals surface area (Å²) in [4.78, 5) is 8.04. The molecular formula is C18H19ClN2O. The fourth-order valence-electron chi connectivity index (χ4n) is 2.45. The van der Waals surface area contributed by atoms with E-state index >= 15 is 0 Å². The summed E-state index contributed by atoms with van der Waals surface area (Å²) in [5.41, 5.74) is 2.00. The zero-order chi connectivity index (χ0) is 15.5. The topological polar surface area (TPSA) is 37.9 Å². The summed E-state index contributed by atoms with van der Waals surface area (Å²) in [6, 6.07) is 15.5. The van der Waals surface area contributed by atoms with E-state index in [-0.39, 0.29) is 6.10 Å². The molecule has 22 heavy (non-hydrogen) atoms. The summed E-state index contributed by atoms with van der Waals surface area (Å²) in [7, 11) is 0. The van der Waals surface area contributed by atoms with Crippen LogP contribution in [0.3, 0.4) is 0 Å². The lowest BCUT2D eigenvalue weighted by Gasteiger charge is -2.19. The van der Waals surface area contributed by atoms with Crippen LogP contribution in [0.2, 0.25) is 5.02 Å². The van der Waals surface area contributed by atoms with Crippen molar-refractivity contribution in [2.45, 2.75) is 26.4 Å². The highest BCUT2D eigenvalue weighted by atomic mass is 35.5. The van der Waals surface area contributed by atoms with Crippen molar-refractivity contribution in [2.75, 3.05) is 0 Å². The lowest BCUT2D eigenvalue weighted by atomic mass is 10.1. The average molecular weight is 315 g/mol. The Morgan fingerprint density at radius 2 is 1.82 bits per heavy atom. The quantitative estimate of drug-likeness (QED) is 0.686. The molecule has 0 fully saturated rings. The van der Waals surface area contributed by atoms with E-state index in [1.54, 1.807) is 0 Å². The SMILES string of the molecule is CC(C)CC(Oc1ccc(Cl)cc1)c1nc2ccccc2[nH]1. The molecule has 0 bridgehead atoms. The van der Waals surface area contributed by atoms with Crippen molar-refractivity contribution in [3.8, 4) is 5.75 Å². The van der Waals surface area contributed by atoms with Crippen LogP contribution in [0, 0.1) is 5.92 Å². The van der Waals surface area contributed by atoms with Crippen molar-refractivity contribution < 1.29 is 4.74 Å². The Hall–Kier alpha value is -2.00. The first-order chi connectivity index (χ1) is 10.6. The van der Waals surface area contributed by atoms with Gasteiger partial charge in [0.25, 0.3) is 0 Å². The van der Waals surface area contributed by atoms with Gasteiger partial charge in [0.1, 0.15) is 11.6 Å². The van der Waals surface area contributed by atoms with Gasteiger partial charge in [-0.15, -0.1) is 0 Å². The van der Waals surface area contributed by atoms with Crippen molar-refractivity contribution >= 4 is 22.6 Å². The number of aromatic amines is 1. The fourth-order valence-corrected chi connectivity index (χ4v) is 2.57. The smallest absolute Gasteiger partial charge is 0.156 e. The van der Waals surface area contributed by atoms with Crippen LogP contribution in [0.5, 0.6) is 5.75 Å². The van der Waals surface area contributed by atoms with Gasteiger partial charge in [0.05, 0.1) is 11.0 Å². The Morgan fingerprint density at radius 1 is 1.09 bits per heavy atom. The second-order valence-electron chi connectivity index (χ2n) is 5.83. The molecule has 1 unspecified atom stereocenters. The van der Waals surface area contributed by atoms with Crippen molar-refractivity contribution in [1.29, 1.82) is 0 Å². The zero-order valence-corrected chi connectivity index (χ0v) is 13.5. The highest BCUT2D eigenvalue weighted by Gasteiger charge is 2.19. The molecule has 3 nitrogen and oxygen atoms in total. The monoisotopic (exact) mass is 314 g/mol. The van der Waals surface area contributed by atoms with Gasteiger partial charge in [-0.2, -0.15) is 0 Å². The highest BCUT2D eigenvalue weighted by Crippen LogP contribution is 2.28. The summed E-state index contributed by atoms with van der Waals surface area (Å²) in [6.07, 6.45) is 0.788. The van der Waals surface area contributed by atoms with Crippen molar-refractivity contribution in [3.63, 3.8) is 0 Å². The Kier molecular flexibility index (Phi) is 4.34. The number of imidazole rings is 1. The van der Waals surface area contributed by atoms with E-state index in [2.05, 4.69) is 23.8 Å². The van der Waals surface area contributed by atoms with E-state index in [1.165, 1.54) is 0 Å². The lowest BCUT2D eigenvalue weighted by Crippen LogP contribution is -2.12. The Balaban J connectivity index is 1.89.